The van der Waals surface area contributed by atoms with Gasteiger partial charge in [-0.1, -0.05) is 60.3 Å². The molecule has 5 rings (SSSR count). The van der Waals surface area contributed by atoms with Crippen LogP contribution in [0.5, 0.6) is 0 Å². The quantitative estimate of drug-likeness (QED) is 0.203. The van der Waals surface area contributed by atoms with Crippen LogP contribution < -0.4 is 5.32 Å². The Bertz CT molecular complexity index is 1410. The molecule has 39 heavy (non-hydrogen) atoms. The predicted octanol–water partition coefficient (Wildman–Crippen LogP) is 5.93. The Balaban J connectivity index is 1.33. The maximum Gasteiger partial charge on any atom is 0.303 e. The predicted molar refractivity (Wildman–Crippen MR) is 151 cm³/mol. The van der Waals surface area contributed by atoms with Gasteiger partial charge in [0.1, 0.15) is 0 Å². The number of nitrogens with one attached hydrogen (secondary N) is 1. The summed E-state index contributed by atoms with van der Waals surface area (Å²) in [6, 6.07) is 23.0. The molecular formula is C29H28N2O6S2. The molecule has 1 aromatic heterocycles. The smallest absolute Gasteiger partial charge is 0.303 e. The number of hydrogen-bond acceptors (Lipinski definition) is 8. The SMILES string of the molecule is O=C(O)CCC(=O)Nc1cccc(C2OC(CSc3nc4ccccc4s3)CC(c3ccc(CO)cc3)O2)c1. The Kier molecular flexibility index (Phi) is 8.90. The van der Waals surface area contributed by atoms with Gasteiger partial charge in [-0.25, -0.2) is 4.98 Å². The topological polar surface area (TPSA) is 118 Å². The summed E-state index contributed by atoms with van der Waals surface area (Å²) in [4.78, 5) is 27.7. The van der Waals surface area contributed by atoms with Crippen molar-refractivity contribution in [2.24, 2.45) is 0 Å². The summed E-state index contributed by atoms with van der Waals surface area (Å²) in [6.07, 6.45) is -0.710. The van der Waals surface area contributed by atoms with E-state index in [1.165, 1.54) is 0 Å². The van der Waals surface area contributed by atoms with E-state index in [2.05, 4.69) is 11.4 Å². The molecule has 1 aliphatic rings. The summed E-state index contributed by atoms with van der Waals surface area (Å²) in [5.41, 5.74) is 4.10. The number of amides is 1. The standard InChI is InChI=1S/C29H28N2O6S2/c32-16-18-8-10-19(11-9-18)24-15-22(17-38-29-31-23-6-1-2-7-25(23)39-29)36-28(37-24)20-4-3-5-21(14-20)30-26(33)12-13-27(34)35/h1-11,14,22,24,28,32H,12-13,15-17H2,(H,30,33)(H,34,35). The maximum absolute atomic E-state index is 12.2. The summed E-state index contributed by atoms with van der Waals surface area (Å²) in [5, 5.41) is 21.0. The number of nitrogens with zero attached hydrogens (tertiary/aromatic N) is 1. The van der Waals surface area contributed by atoms with Crippen LogP contribution in [0.2, 0.25) is 0 Å². The number of carbonyl (C=O) groups is 2. The minimum Gasteiger partial charge on any atom is -0.481 e. The van der Waals surface area contributed by atoms with E-state index in [9.17, 15) is 14.7 Å². The van der Waals surface area contributed by atoms with Crippen LogP contribution in [0.3, 0.4) is 0 Å². The van der Waals surface area contributed by atoms with Gasteiger partial charge in [-0.2, -0.15) is 0 Å². The number of rotatable bonds is 10. The highest BCUT2D eigenvalue weighted by molar-refractivity contribution is 8.01. The molecule has 202 valence electrons. The lowest BCUT2D eigenvalue weighted by Gasteiger charge is -2.36. The summed E-state index contributed by atoms with van der Waals surface area (Å²) in [7, 11) is 0. The largest absolute Gasteiger partial charge is 0.481 e. The summed E-state index contributed by atoms with van der Waals surface area (Å²) in [5.74, 6) is -0.695. The summed E-state index contributed by atoms with van der Waals surface area (Å²) >= 11 is 3.32. The van der Waals surface area contributed by atoms with Crippen LogP contribution >= 0.6 is 23.1 Å². The zero-order chi connectivity index (χ0) is 27.2. The fourth-order valence-corrected chi connectivity index (χ4v) is 6.42. The third kappa shape index (κ3) is 7.23. The molecule has 0 saturated carbocycles. The number of para-hydroxylation sites is 1. The van der Waals surface area contributed by atoms with Crippen LogP contribution in [0.1, 0.15) is 48.3 Å². The molecule has 1 fully saturated rings. The van der Waals surface area contributed by atoms with Crippen molar-refractivity contribution in [2.75, 3.05) is 11.1 Å². The highest BCUT2D eigenvalue weighted by atomic mass is 32.2. The number of thiazole rings is 1. The van der Waals surface area contributed by atoms with E-state index in [-0.39, 0.29) is 37.6 Å². The van der Waals surface area contributed by atoms with Gasteiger partial charge in [-0.3, -0.25) is 9.59 Å². The van der Waals surface area contributed by atoms with E-state index in [0.29, 0.717) is 17.9 Å². The van der Waals surface area contributed by atoms with Gasteiger partial charge >= 0.3 is 5.97 Å². The van der Waals surface area contributed by atoms with E-state index in [0.717, 1.165) is 31.2 Å². The minimum atomic E-state index is -1.02. The molecule has 1 aliphatic heterocycles. The molecule has 0 aliphatic carbocycles. The van der Waals surface area contributed by atoms with Gasteiger partial charge in [-0.15, -0.1) is 11.3 Å². The van der Waals surface area contributed by atoms with Crippen LogP contribution in [0.15, 0.2) is 77.1 Å². The molecule has 3 N–H and O–H groups in total. The van der Waals surface area contributed by atoms with Gasteiger partial charge in [0.25, 0.3) is 0 Å². The Labute approximate surface area is 234 Å². The number of thioether (sulfide) groups is 1. The highest BCUT2D eigenvalue weighted by Crippen LogP contribution is 2.40. The number of fused-ring (bicyclic) bond motifs is 1. The van der Waals surface area contributed by atoms with E-state index in [1.807, 2.05) is 48.5 Å². The first-order valence-corrected chi connectivity index (χ1v) is 14.4. The molecule has 3 unspecified atom stereocenters. The number of aliphatic carboxylic acids is 1. The van der Waals surface area contributed by atoms with Crippen molar-refractivity contribution < 1.29 is 29.3 Å². The number of anilines is 1. The van der Waals surface area contributed by atoms with E-state index in [1.54, 1.807) is 41.3 Å². The van der Waals surface area contributed by atoms with Crippen molar-refractivity contribution in [1.82, 2.24) is 4.98 Å². The molecule has 3 aromatic carbocycles. The first-order valence-electron chi connectivity index (χ1n) is 12.6. The number of carboxylic acids is 1. The number of carboxylic acid groups (broad SMARTS) is 1. The first-order chi connectivity index (χ1) is 19.0. The number of aliphatic hydroxyl groups excluding tert-OH is 1. The number of carbonyl (C=O) groups excluding carboxylic acids is 1. The molecule has 8 nitrogen and oxygen atoms in total. The van der Waals surface area contributed by atoms with Gasteiger partial charge in [0, 0.05) is 29.8 Å². The van der Waals surface area contributed by atoms with Crippen LogP contribution in [0, 0.1) is 0 Å². The van der Waals surface area contributed by atoms with Gasteiger partial charge in [-0.05, 0) is 35.4 Å². The van der Waals surface area contributed by atoms with E-state index < -0.39 is 12.3 Å². The van der Waals surface area contributed by atoms with Gasteiger partial charge in [0.15, 0.2) is 10.6 Å². The normalized spacial score (nSPS) is 19.2. The molecule has 4 aromatic rings. The van der Waals surface area contributed by atoms with E-state index in [4.69, 9.17) is 19.6 Å². The average molecular weight is 565 g/mol. The fourth-order valence-electron chi connectivity index (χ4n) is 4.31. The van der Waals surface area contributed by atoms with Gasteiger partial charge < -0.3 is 25.0 Å². The second kappa shape index (κ2) is 12.7. The zero-order valence-electron chi connectivity index (χ0n) is 21.0. The fraction of sp³-hybridized carbons (Fsp3) is 0.276. The molecule has 2 heterocycles. The van der Waals surface area contributed by atoms with Crippen LogP contribution in [0.4, 0.5) is 5.69 Å². The van der Waals surface area contributed by atoms with Crippen molar-refractivity contribution in [3.8, 4) is 0 Å². The summed E-state index contributed by atoms with van der Waals surface area (Å²) in [6.45, 7) is -0.0239. The second-order valence-electron chi connectivity index (χ2n) is 9.18. The van der Waals surface area contributed by atoms with Crippen molar-refractivity contribution in [3.63, 3.8) is 0 Å². The van der Waals surface area contributed by atoms with Gasteiger partial charge in [0.05, 0.1) is 35.5 Å². The molecule has 1 amide bonds. The average Bonchev–Trinajstić information content (AvgIpc) is 3.38. The lowest BCUT2D eigenvalue weighted by molar-refractivity contribution is -0.245. The van der Waals surface area contributed by atoms with E-state index >= 15 is 0 Å². The third-order valence-electron chi connectivity index (χ3n) is 6.29. The van der Waals surface area contributed by atoms with Crippen LogP contribution in [-0.2, 0) is 25.7 Å². The zero-order valence-corrected chi connectivity index (χ0v) is 22.6. The van der Waals surface area contributed by atoms with Crippen molar-refractivity contribution in [1.29, 1.82) is 0 Å². The van der Waals surface area contributed by atoms with Crippen LogP contribution in [-0.4, -0.2) is 38.9 Å². The minimum absolute atomic E-state index is 0.0239. The monoisotopic (exact) mass is 564 g/mol. The summed E-state index contributed by atoms with van der Waals surface area (Å²) < 4.78 is 14.9. The molecule has 1 saturated heterocycles. The number of benzene rings is 3. The molecule has 0 spiro atoms. The number of aromatic nitrogens is 1. The Hall–Kier alpha value is -3.28. The first kappa shape index (κ1) is 27.3. The Morgan fingerprint density at radius 3 is 2.59 bits per heavy atom. The van der Waals surface area contributed by atoms with Crippen molar-refractivity contribution in [3.05, 3.63) is 89.5 Å². The molecule has 0 bridgehead atoms. The Morgan fingerprint density at radius 1 is 1.00 bits per heavy atom. The van der Waals surface area contributed by atoms with Crippen LogP contribution in [0.25, 0.3) is 10.2 Å². The Morgan fingerprint density at radius 2 is 1.82 bits per heavy atom. The number of hydrogen-bond donors (Lipinski definition) is 3. The molecular weight excluding hydrogens is 536 g/mol. The lowest BCUT2D eigenvalue weighted by Crippen LogP contribution is -2.31. The lowest BCUT2D eigenvalue weighted by atomic mass is 10.0. The molecule has 0 radical (unpaired) electrons. The van der Waals surface area contributed by atoms with Crippen molar-refractivity contribution >= 4 is 50.9 Å². The van der Waals surface area contributed by atoms with Gasteiger partial charge in [0.2, 0.25) is 5.91 Å². The highest BCUT2D eigenvalue weighted by Gasteiger charge is 2.32. The number of aliphatic hydroxyl groups is 1. The second-order valence-corrected chi connectivity index (χ2v) is 11.5. The number of ether oxygens (including phenoxy) is 2. The maximum atomic E-state index is 12.2. The molecule has 3 atom stereocenters. The van der Waals surface area contributed by atoms with Crippen molar-refractivity contribution in [2.45, 2.75) is 48.7 Å². The third-order valence-corrected chi connectivity index (χ3v) is 8.60. The molecule has 10 heteroatoms.